The highest BCUT2D eigenvalue weighted by atomic mass is 32.1. The van der Waals surface area contributed by atoms with Gasteiger partial charge in [-0.3, -0.25) is 9.69 Å². The van der Waals surface area contributed by atoms with E-state index in [1.165, 1.54) is 17.4 Å². The number of nitrogens with zero attached hydrogens (tertiary/aromatic N) is 3. The standard InChI is InChI=1S/C22H30FN3OS/c1-24(2)12-13-26(22(27)21-10-6-14-28-21)16-18-7-5-11-25(15-18)17-19-8-3-4-9-20(19)23/h3-4,6,8-10,14,18H,5,7,11-13,15-17H2,1-2H3. The Morgan fingerprint density at radius 2 is 2.04 bits per heavy atom. The lowest BCUT2D eigenvalue weighted by molar-refractivity contribution is 0.0664. The predicted octanol–water partition coefficient (Wildman–Crippen LogP) is 3.80. The summed E-state index contributed by atoms with van der Waals surface area (Å²) in [5.41, 5.74) is 0.752. The molecule has 1 amide bonds. The van der Waals surface area contributed by atoms with E-state index in [9.17, 15) is 9.18 Å². The highest BCUT2D eigenvalue weighted by molar-refractivity contribution is 7.12. The van der Waals surface area contributed by atoms with Gasteiger partial charge in [0.05, 0.1) is 4.88 Å². The van der Waals surface area contributed by atoms with E-state index in [0.717, 1.165) is 56.0 Å². The summed E-state index contributed by atoms with van der Waals surface area (Å²) in [4.78, 5) is 20.2. The van der Waals surface area contributed by atoms with Gasteiger partial charge < -0.3 is 9.80 Å². The molecule has 1 atom stereocenters. The molecule has 0 saturated carbocycles. The van der Waals surface area contributed by atoms with Crippen LogP contribution in [0.25, 0.3) is 0 Å². The zero-order valence-corrected chi connectivity index (χ0v) is 17.6. The van der Waals surface area contributed by atoms with Gasteiger partial charge in [-0.15, -0.1) is 11.3 Å². The number of benzene rings is 1. The van der Waals surface area contributed by atoms with E-state index < -0.39 is 0 Å². The van der Waals surface area contributed by atoms with E-state index in [1.807, 2.05) is 48.6 Å². The van der Waals surface area contributed by atoms with Crippen molar-refractivity contribution < 1.29 is 9.18 Å². The first-order chi connectivity index (χ1) is 13.5. The average Bonchev–Trinajstić information content (AvgIpc) is 3.21. The Kier molecular flexibility index (Phi) is 7.59. The number of carbonyl (C=O) groups excluding carboxylic acids is 1. The molecule has 0 radical (unpaired) electrons. The van der Waals surface area contributed by atoms with E-state index in [4.69, 9.17) is 0 Å². The van der Waals surface area contributed by atoms with E-state index in [2.05, 4.69) is 9.80 Å². The second-order valence-corrected chi connectivity index (χ2v) is 8.81. The minimum Gasteiger partial charge on any atom is -0.336 e. The van der Waals surface area contributed by atoms with Crippen molar-refractivity contribution in [2.45, 2.75) is 19.4 Å². The summed E-state index contributed by atoms with van der Waals surface area (Å²) in [6.45, 7) is 4.88. The lowest BCUT2D eigenvalue weighted by Gasteiger charge is -2.36. The van der Waals surface area contributed by atoms with Crippen molar-refractivity contribution in [1.82, 2.24) is 14.7 Å². The normalized spacial score (nSPS) is 17.8. The summed E-state index contributed by atoms with van der Waals surface area (Å²) < 4.78 is 14.0. The van der Waals surface area contributed by atoms with Crippen molar-refractivity contribution in [3.05, 3.63) is 58.0 Å². The molecule has 1 aromatic carbocycles. The Morgan fingerprint density at radius 3 is 2.75 bits per heavy atom. The summed E-state index contributed by atoms with van der Waals surface area (Å²) in [6, 6.07) is 10.8. The highest BCUT2D eigenvalue weighted by Gasteiger charge is 2.25. The van der Waals surface area contributed by atoms with Crippen molar-refractivity contribution in [3.8, 4) is 0 Å². The van der Waals surface area contributed by atoms with Crippen LogP contribution in [-0.4, -0.2) is 67.4 Å². The fourth-order valence-electron chi connectivity index (χ4n) is 3.78. The predicted molar refractivity (Wildman–Crippen MR) is 113 cm³/mol. The average molecular weight is 404 g/mol. The highest BCUT2D eigenvalue weighted by Crippen LogP contribution is 2.22. The number of likely N-dealkylation sites (tertiary alicyclic amines) is 1. The lowest BCUT2D eigenvalue weighted by Crippen LogP contribution is -2.44. The van der Waals surface area contributed by atoms with E-state index in [0.29, 0.717) is 12.5 Å². The Morgan fingerprint density at radius 1 is 1.21 bits per heavy atom. The molecule has 3 rings (SSSR count). The molecule has 1 saturated heterocycles. The fraction of sp³-hybridized carbons (Fsp3) is 0.500. The monoisotopic (exact) mass is 403 g/mol. The first kappa shape index (κ1) is 21.0. The maximum Gasteiger partial charge on any atom is 0.263 e. The van der Waals surface area contributed by atoms with E-state index >= 15 is 0 Å². The summed E-state index contributed by atoms with van der Waals surface area (Å²) >= 11 is 1.50. The Balaban J connectivity index is 1.62. The minimum absolute atomic E-state index is 0.128. The van der Waals surface area contributed by atoms with Gasteiger partial charge in [-0.05, 0) is 56.9 Å². The van der Waals surface area contributed by atoms with Crippen molar-refractivity contribution >= 4 is 17.2 Å². The molecule has 28 heavy (non-hydrogen) atoms. The molecule has 4 nitrogen and oxygen atoms in total. The third-order valence-electron chi connectivity index (χ3n) is 5.27. The SMILES string of the molecule is CN(C)CCN(CC1CCCN(Cc2ccccc2F)C1)C(=O)c1cccs1. The molecular weight excluding hydrogens is 373 g/mol. The summed E-state index contributed by atoms with van der Waals surface area (Å²) in [5.74, 6) is 0.416. The quantitative estimate of drug-likeness (QED) is 0.671. The number of likely N-dealkylation sites (N-methyl/N-ethyl adjacent to an activating group) is 1. The van der Waals surface area contributed by atoms with Gasteiger partial charge in [-0.25, -0.2) is 4.39 Å². The Bertz CT molecular complexity index is 750. The number of hydrogen-bond donors (Lipinski definition) is 0. The van der Waals surface area contributed by atoms with Gasteiger partial charge in [-0.1, -0.05) is 24.3 Å². The van der Waals surface area contributed by atoms with Crippen LogP contribution < -0.4 is 0 Å². The van der Waals surface area contributed by atoms with Crippen molar-refractivity contribution in [3.63, 3.8) is 0 Å². The van der Waals surface area contributed by atoms with Crippen LogP contribution in [0, 0.1) is 11.7 Å². The maximum absolute atomic E-state index is 14.0. The molecule has 2 heterocycles. The van der Waals surface area contributed by atoms with Gasteiger partial charge >= 0.3 is 0 Å². The van der Waals surface area contributed by atoms with Crippen LogP contribution in [0.3, 0.4) is 0 Å². The smallest absolute Gasteiger partial charge is 0.263 e. The van der Waals surface area contributed by atoms with Gasteiger partial charge in [0.15, 0.2) is 0 Å². The van der Waals surface area contributed by atoms with Crippen molar-refractivity contribution in [2.24, 2.45) is 5.92 Å². The number of hydrogen-bond acceptors (Lipinski definition) is 4. The topological polar surface area (TPSA) is 26.8 Å². The van der Waals surface area contributed by atoms with Crippen molar-refractivity contribution in [2.75, 3.05) is 46.8 Å². The van der Waals surface area contributed by atoms with Crippen LogP contribution >= 0.6 is 11.3 Å². The van der Waals surface area contributed by atoms with Gasteiger partial charge in [0.1, 0.15) is 5.82 Å². The molecule has 0 aliphatic carbocycles. The van der Waals surface area contributed by atoms with E-state index in [1.54, 1.807) is 6.07 Å². The molecule has 0 spiro atoms. The van der Waals surface area contributed by atoms with Gasteiger partial charge in [-0.2, -0.15) is 0 Å². The summed E-state index contributed by atoms with van der Waals surface area (Å²) in [5, 5.41) is 1.95. The first-order valence-corrected chi connectivity index (χ1v) is 10.8. The molecular formula is C22H30FN3OS. The second-order valence-electron chi connectivity index (χ2n) is 7.87. The third kappa shape index (κ3) is 5.87. The molecule has 1 aliphatic rings. The number of halogens is 1. The minimum atomic E-state index is -0.134. The van der Waals surface area contributed by atoms with Crippen LogP contribution in [0.1, 0.15) is 28.1 Å². The van der Waals surface area contributed by atoms with E-state index in [-0.39, 0.29) is 11.7 Å². The first-order valence-electron chi connectivity index (χ1n) is 9.96. The number of thiophene rings is 1. The molecule has 0 bridgehead atoms. The largest absolute Gasteiger partial charge is 0.336 e. The van der Waals surface area contributed by atoms with Crippen LogP contribution in [0.15, 0.2) is 41.8 Å². The Hall–Kier alpha value is -1.76. The number of carbonyl (C=O) groups is 1. The molecule has 0 N–H and O–H groups in total. The molecule has 1 fully saturated rings. The Labute approximate surface area is 171 Å². The molecule has 152 valence electrons. The second kappa shape index (κ2) is 10.1. The molecule has 2 aromatic rings. The molecule has 6 heteroatoms. The number of amides is 1. The zero-order valence-electron chi connectivity index (χ0n) is 16.8. The van der Waals surface area contributed by atoms with Crippen LogP contribution in [-0.2, 0) is 6.54 Å². The van der Waals surface area contributed by atoms with Crippen LogP contribution in [0.4, 0.5) is 4.39 Å². The van der Waals surface area contributed by atoms with Gasteiger partial charge in [0.2, 0.25) is 0 Å². The lowest BCUT2D eigenvalue weighted by atomic mass is 9.96. The number of piperidine rings is 1. The van der Waals surface area contributed by atoms with Gasteiger partial charge in [0, 0.05) is 38.3 Å². The molecule has 1 aliphatic heterocycles. The number of rotatable bonds is 8. The summed E-state index contributed by atoms with van der Waals surface area (Å²) in [7, 11) is 4.06. The van der Waals surface area contributed by atoms with Crippen LogP contribution in [0.2, 0.25) is 0 Å². The summed E-state index contributed by atoms with van der Waals surface area (Å²) in [6.07, 6.45) is 2.21. The van der Waals surface area contributed by atoms with Crippen LogP contribution in [0.5, 0.6) is 0 Å². The zero-order chi connectivity index (χ0) is 19.9. The molecule has 1 aromatic heterocycles. The fourth-order valence-corrected chi connectivity index (χ4v) is 4.47. The molecule has 1 unspecified atom stereocenters. The van der Waals surface area contributed by atoms with Crippen molar-refractivity contribution in [1.29, 1.82) is 0 Å². The maximum atomic E-state index is 14.0. The van der Waals surface area contributed by atoms with Gasteiger partial charge in [0.25, 0.3) is 5.91 Å². The third-order valence-corrected chi connectivity index (χ3v) is 6.13.